The fourth-order valence-electron chi connectivity index (χ4n) is 4.52. The highest BCUT2D eigenvalue weighted by molar-refractivity contribution is 5.89. The first-order valence-corrected chi connectivity index (χ1v) is 12.1. The molecule has 4 rings (SSSR count). The third kappa shape index (κ3) is 7.13. The normalized spacial score (nSPS) is 15.6. The van der Waals surface area contributed by atoms with Crippen molar-refractivity contribution in [3.8, 4) is 11.5 Å². The van der Waals surface area contributed by atoms with Crippen molar-refractivity contribution in [3.63, 3.8) is 0 Å². The molecule has 7 nitrogen and oxygen atoms in total. The molecule has 2 aromatic rings. The summed E-state index contributed by atoms with van der Waals surface area (Å²) in [6, 6.07) is 4.56. The Morgan fingerprint density at radius 1 is 1.14 bits per heavy atom. The minimum Gasteiger partial charge on any atom is -0.493 e. The lowest BCUT2D eigenvalue weighted by Crippen LogP contribution is -2.21. The predicted octanol–water partition coefficient (Wildman–Crippen LogP) is 5.05. The smallest absolute Gasteiger partial charge is 0.490 e. The highest BCUT2D eigenvalue weighted by atomic mass is 19.4. The summed E-state index contributed by atoms with van der Waals surface area (Å²) in [4.78, 5) is 16.4. The first-order valence-electron chi connectivity index (χ1n) is 12.1. The molecule has 0 bridgehead atoms. The minimum absolute atomic E-state index is 0.370. The van der Waals surface area contributed by atoms with Gasteiger partial charge in [0.1, 0.15) is 5.82 Å². The number of nitrogens with one attached hydrogen (secondary N) is 1. The number of nitrogens with zero attached hydrogens (tertiary/aromatic N) is 2. The number of carboxylic acid groups (broad SMARTS) is 1. The van der Waals surface area contributed by atoms with E-state index >= 15 is 0 Å². The number of pyridine rings is 1. The quantitative estimate of drug-likeness (QED) is 0.494. The summed E-state index contributed by atoms with van der Waals surface area (Å²) in [5.74, 6) is -0.0980. The molecule has 0 saturated carbocycles. The van der Waals surface area contributed by atoms with E-state index in [-0.39, 0.29) is 0 Å². The molecule has 1 saturated heterocycles. The number of aromatic nitrogens is 1. The molecule has 10 heteroatoms. The zero-order valence-electron chi connectivity index (χ0n) is 20.5. The number of aliphatic carboxylic acids is 1. The van der Waals surface area contributed by atoms with E-state index in [0.29, 0.717) is 12.6 Å². The van der Waals surface area contributed by atoms with Crippen LogP contribution in [0.4, 0.5) is 19.0 Å². The van der Waals surface area contributed by atoms with Crippen molar-refractivity contribution in [2.45, 2.75) is 64.6 Å². The number of benzene rings is 1. The van der Waals surface area contributed by atoms with Crippen LogP contribution >= 0.6 is 0 Å². The van der Waals surface area contributed by atoms with Gasteiger partial charge >= 0.3 is 12.1 Å². The van der Waals surface area contributed by atoms with Crippen LogP contribution in [0.1, 0.15) is 50.7 Å². The molecule has 0 radical (unpaired) electrons. The number of ether oxygens (including phenoxy) is 2. The summed E-state index contributed by atoms with van der Waals surface area (Å²) >= 11 is 0. The highest BCUT2D eigenvalue weighted by Gasteiger charge is 2.38. The maximum Gasteiger partial charge on any atom is 0.490 e. The van der Waals surface area contributed by atoms with Gasteiger partial charge < -0.3 is 24.8 Å². The van der Waals surface area contributed by atoms with Gasteiger partial charge in [0.2, 0.25) is 0 Å². The zero-order chi connectivity index (χ0) is 25.6. The van der Waals surface area contributed by atoms with E-state index in [1.165, 1.54) is 48.9 Å². The Labute approximate surface area is 203 Å². The van der Waals surface area contributed by atoms with Crippen LogP contribution in [0.5, 0.6) is 11.5 Å². The lowest BCUT2D eigenvalue weighted by Gasteiger charge is -2.18. The SMILES string of the molecule is COc1cc2c3c(c(NC(C)C)nc2cc1OCCCN1CCCC1)CCC3.O=C(O)C(F)(F)F. The van der Waals surface area contributed by atoms with Gasteiger partial charge in [-0.2, -0.15) is 13.2 Å². The number of carbonyl (C=O) groups is 1. The number of halogens is 3. The van der Waals surface area contributed by atoms with Crippen LogP contribution in [0, 0.1) is 0 Å². The van der Waals surface area contributed by atoms with E-state index in [1.54, 1.807) is 7.11 Å². The molecule has 2 N–H and O–H groups in total. The van der Waals surface area contributed by atoms with Crippen LogP contribution in [-0.4, -0.2) is 66.5 Å². The number of likely N-dealkylation sites (tertiary alicyclic amines) is 1. The minimum atomic E-state index is -5.08. The van der Waals surface area contributed by atoms with Crippen molar-refractivity contribution < 1.29 is 32.5 Å². The average Bonchev–Trinajstić information content (AvgIpc) is 3.48. The first-order chi connectivity index (χ1) is 16.6. The highest BCUT2D eigenvalue weighted by Crippen LogP contribution is 2.39. The Bertz CT molecular complexity index is 1020. The number of alkyl halides is 3. The van der Waals surface area contributed by atoms with Crippen LogP contribution < -0.4 is 14.8 Å². The Balaban J connectivity index is 0.000000429. The average molecular weight is 498 g/mol. The van der Waals surface area contributed by atoms with E-state index in [4.69, 9.17) is 24.4 Å². The lowest BCUT2D eigenvalue weighted by atomic mass is 10.0. The number of carboxylic acids is 1. The van der Waals surface area contributed by atoms with Gasteiger partial charge in [-0.3, -0.25) is 0 Å². The van der Waals surface area contributed by atoms with Gasteiger partial charge in [-0.15, -0.1) is 0 Å². The van der Waals surface area contributed by atoms with Crippen molar-refractivity contribution in [2.75, 3.05) is 38.7 Å². The molecule has 0 amide bonds. The van der Waals surface area contributed by atoms with E-state index in [2.05, 4.69) is 36.2 Å². The van der Waals surface area contributed by atoms with Crippen LogP contribution in [0.25, 0.3) is 10.9 Å². The fraction of sp³-hybridized carbons (Fsp3) is 0.600. The van der Waals surface area contributed by atoms with Gasteiger partial charge in [-0.05, 0) is 82.7 Å². The van der Waals surface area contributed by atoms with E-state index in [0.717, 1.165) is 48.6 Å². The molecule has 1 aromatic carbocycles. The standard InChI is InChI=1S/C23H33N3O2.C2HF3O2/c1-16(2)24-23-18-9-6-8-17(18)19-14-21(27-3)22(15-20(19)25-23)28-13-7-12-26-10-4-5-11-26;3-2(4,5)1(6)7/h14-16H,4-13H2,1-3H3,(H,24,25);(H,6,7). The van der Waals surface area contributed by atoms with Crippen LogP contribution in [0.3, 0.4) is 0 Å². The summed E-state index contributed by atoms with van der Waals surface area (Å²) in [6.07, 6.45) is 2.04. The molecule has 1 aliphatic carbocycles. The first kappa shape index (κ1) is 26.8. The second-order valence-corrected chi connectivity index (χ2v) is 9.14. The summed E-state index contributed by atoms with van der Waals surface area (Å²) in [5, 5.41) is 11.9. The Morgan fingerprint density at radius 3 is 2.40 bits per heavy atom. The number of aryl methyl sites for hydroxylation is 1. The summed E-state index contributed by atoms with van der Waals surface area (Å²) in [7, 11) is 1.72. The third-order valence-electron chi connectivity index (χ3n) is 6.09. The topological polar surface area (TPSA) is 83.9 Å². The molecule has 1 aromatic heterocycles. The monoisotopic (exact) mass is 497 g/mol. The van der Waals surface area contributed by atoms with Gasteiger partial charge in [0.15, 0.2) is 11.5 Å². The third-order valence-corrected chi connectivity index (χ3v) is 6.09. The fourth-order valence-corrected chi connectivity index (χ4v) is 4.52. The maximum absolute atomic E-state index is 10.6. The molecular weight excluding hydrogens is 463 g/mol. The zero-order valence-corrected chi connectivity index (χ0v) is 20.5. The molecule has 1 aliphatic heterocycles. The lowest BCUT2D eigenvalue weighted by molar-refractivity contribution is -0.192. The van der Waals surface area contributed by atoms with Crippen LogP contribution in [-0.2, 0) is 17.6 Å². The molecule has 2 aliphatic rings. The van der Waals surface area contributed by atoms with Crippen molar-refractivity contribution in [1.29, 1.82) is 0 Å². The molecule has 0 spiro atoms. The van der Waals surface area contributed by atoms with Gasteiger partial charge in [-0.1, -0.05) is 0 Å². The number of anilines is 1. The van der Waals surface area contributed by atoms with E-state index < -0.39 is 12.1 Å². The van der Waals surface area contributed by atoms with Gasteiger partial charge in [-0.25, -0.2) is 9.78 Å². The van der Waals surface area contributed by atoms with Gasteiger partial charge in [0.05, 0.1) is 19.2 Å². The van der Waals surface area contributed by atoms with Crippen molar-refractivity contribution in [1.82, 2.24) is 9.88 Å². The molecule has 35 heavy (non-hydrogen) atoms. The largest absolute Gasteiger partial charge is 0.493 e. The second kappa shape index (κ2) is 11.8. The Morgan fingerprint density at radius 2 is 1.80 bits per heavy atom. The molecule has 2 heterocycles. The van der Waals surface area contributed by atoms with E-state index in [1.807, 2.05) is 0 Å². The van der Waals surface area contributed by atoms with Crippen molar-refractivity contribution >= 4 is 22.7 Å². The van der Waals surface area contributed by atoms with Gasteiger partial charge in [0.25, 0.3) is 0 Å². The number of rotatable bonds is 8. The Hall–Kier alpha value is -2.75. The van der Waals surface area contributed by atoms with Crippen molar-refractivity contribution in [2.24, 2.45) is 0 Å². The Kier molecular flexibility index (Phi) is 9.04. The molecular formula is C25H34F3N3O4. The van der Waals surface area contributed by atoms with Crippen LogP contribution in [0.15, 0.2) is 12.1 Å². The summed E-state index contributed by atoms with van der Waals surface area (Å²) in [5.41, 5.74) is 3.80. The summed E-state index contributed by atoms with van der Waals surface area (Å²) in [6.45, 7) is 8.62. The molecule has 1 fully saturated rings. The van der Waals surface area contributed by atoms with Crippen molar-refractivity contribution in [3.05, 3.63) is 23.3 Å². The molecule has 194 valence electrons. The van der Waals surface area contributed by atoms with Crippen LogP contribution in [0.2, 0.25) is 0 Å². The number of fused-ring (bicyclic) bond motifs is 3. The summed E-state index contributed by atoms with van der Waals surface area (Å²) < 4.78 is 43.5. The second-order valence-electron chi connectivity index (χ2n) is 9.14. The molecule has 0 atom stereocenters. The van der Waals surface area contributed by atoms with Gasteiger partial charge in [0, 0.05) is 24.0 Å². The number of methoxy groups -OCH3 is 1. The predicted molar refractivity (Wildman–Crippen MR) is 129 cm³/mol. The maximum atomic E-state index is 10.6. The number of hydrogen-bond acceptors (Lipinski definition) is 6. The van der Waals surface area contributed by atoms with E-state index in [9.17, 15) is 13.2 Å². The number of hydrogen-bond donors (Lipinski definition) is 2. The molecule has 0 unspecified atom stereocenters.